The van der Waals surface area contributed by atoms with E-state index in [1.807, 2.05) is 6.07 Å². The molecule has 0 fully saturated rings. The normalized spacial score (nSPS) is 12.1. The number of carbonyl (C=O) groups excluding carboxylic acids is 3. The Hall–Kier alpha value is -3.58. The van der Waals surface area contributed by atoms with Gasteiger partial charge in [0.15, 0.2) is 0 Å². The van der Waals surface area contributed by atoms with Crippen LogP contribution in [0.1, 0.15) is 23.2 Å². The Labute approximate surface area is 228 Å². The van der Waals surface area contributed by atoms with Crippen LogP contribution in [0.5, 0.6) is 5.75 Å². The summed E-state index contributed by atoms with van der Waals surface area (Å²) < 4.78 is 5.96. The van der Waals surface area contributed by atoms with E-state index in [4.69, 9.17) is 20.7 Å². The molecule has 3 amide bonds. The van der Waals surface area contributed by atoms with Crippen molar-refractivity contribution in [3.63, 3.8) is 0 Å². The van der Waals surface area contributed by atoms with Crippen LogP contribution in [0, 0.1) is 0 Å². The van der Waals surface area contributed by atoms with Crippen molar-refractivity contribution in [3.05, 3.63) is 54.1 Å². The van der Waals surface area contributed by atoms with Crippen LogP contribution in [0.15, 0.2) is 48.5 Å². The molecule has 0 radical (unpaired) electrons. The van der Waals surface area contributed by atoms with Crippen molar-refractivity contribution in [2.45, 2.75) is 24.9 Å². The zero-order valence-corrected chi connectivity index (χ0v) is 22.9. The molecular weight excluding hydrogens is 583 g/mol. The van der Waals surface area contributed by atoms with Crippen molar-refractivity contribution >= 4 is 63.8 Å². The molecule has 2 atom stereocenters. The van der Waals surface area contributed by atoms with E-state index in [1.165, 1.54) is 17.3 Å². The summed E-state index contributed by atoms with van der Waals surface area (Å²) in [6.07, 6.45) is -0.364. The number of carboxylic acid groups (broad SMARTS) is 2. The second-order valence-corrected chi connectivity index (χ2v) is 12.0. The maximum absolute atomic E-state index is 12.9. The number of para-hydroxylation sites is 1. The number of methoxy groups -OCH3 is 1. The van der Waals surface area contributed by atoms with Crippen LogP contribution in [-0.2, 0) is 19.2 Å². The molecule has 0 aliphatic heterocycles. The van der Waals surface area contributed by atoms with Gasteiger partial charge in [-0.2, -0.15) is 0 Å². The monoisotopic (exact) mass is 612 g/mol. The fraction of sp³-hybridized carbons (Fsp3) is 0.292. The van der Waals surface area contributed by atoms with E-state index >= 15 is 0 Å². The minimum absolute atomic E-state index is 0.0686. The number of nitrogens with two attached hydrogens (primary N) is 1. The molecular formula is C24H28N4O8SSe. The molecule has 0 aliphatic carbocycles. The van der Waals surface area contributed by atoms with Gasteiger partial charge in [0.2, 0.25) is 0 Å². The van der Waals surface area contributed by atoms with Crippen LogP contribution < -0.4 is 30.9 Å². The summed E-state index contributed by atoms with van der Waals surface area (Å²) in [5, 5.41) is 25.3. The summed E-state index contributed by atoms with van der Waals surface area (Å²) in [6.45, 7) is -0.634. The van der Waals surface area contributed by atoms with Gasteiger partial charge in [-0.25, -0.2) is 0 Å². The standard InChI is InChI=1S/C24H28N4O8SSe/c1-36-15-7-8-16(22(32)27-14-5-3-2-4-6-14)19(11-15)38-37-13-18(23(33)26-12-21(30)31)28-20(29)10-9-17(25)24(34)35/h2-8,11,17-18H,9-10,12-13,25H2,1H3,(H,26,33)(H,27,32)(H,28,29)(H,30,31)(H,34,35). The number of anilines is 1. The number of rotatable bonds is 15. The second-order valence-electron chi connectivity index (χ2n) is 7.77. The summed E-state index contributed by atoms with van der Waals surface area (Å²) in [5.41, 5.74) is 6.47. The number of ether oxygens (including phenoxy) is 1. The van der Waals surface area contributed by atoms with E-state index in [0.29, 0.717) is 21.5 Å². The Morgan fingerprint density at radius 1 is 1.08 bits per heavy atom. The third-order valence-corrected chi connectivity index (χ3v) is 9.12. The zero-order valence-electron chi connectivity index (χ0n) is 20.3. The molecule has 2 aromatic rings. The zero-order chi connectivity index (χ0) is 28.1. The average molecular weight is 612 g/mol. The first-order valence-electron chi connectivity index (χ1n) is 11.2. The van der Waals surface area contributed by atoms with Crippen molar-refractivity contribution in [3.8, 4) is 5.75 Å². The number of carbonyl (C=O) groups is 5. The first kappa shape index (κ1) is 30.6. The fourth-order valence-corrected chi connectivity index (χ4v) is 7.15. The third-order valence-electron chi connectivity index (χ3n) is 4.91. The van der Waals surface area contributed by atoms with Crippen molar-refractivity contribution in [2.75, 3.05) is 24.7 Å². The van der Waals surface area contributed by atoms with Crippen molar-refractivity contribution < 1.29 is 38.9 Å². The topological polar surface area (TPSA) is 197 Å². The number of benzene rings is 2. The maximum atomic E-state index is 12.9. The van der Waals surface area contributed by atoms with Gasteiger partial charge in [-0.1, -0.05) is 0 Å². The van der Waals surface area contributed by atoms with Gasteiger partial charge in [0, 0.05) is 0 Å². The molecule has 0 spiro atoms. The quantitative estimate of drug-likeness (QED) is 0.147. The van der Waals surface area contributed by atoms with Crippen LogP contribution in [0.3, 0.4) is 0 Å². The van der Waals surface area contributed by atoms with E-state index in [9.17, 15) is 24.0 Å². The predicted octanol–water partition coefficient (Wildman–Crippen LogP) is -0.197. The summed E-state index contributed by atoms with van der Waals surface area (Å²) in [5.74, 6) is -3.53. The van der Waals surface area contributed by atoms with E-state index in [2.05, 4.69) is 16.0 Å². The number of amides is 3. The Morgan fingerprint density at radius 2 is 1.79 bits per heavy atom. The first-order chi connectivity index (χ1) is 18.1. The van der Waals surface area contributed by atoms with Gasteiger partial charge in [0.25, 0.3) is 0 Å². The molecule has 38 heavy (non-hydrogen) atoms. The van der Waals surface area contributed by atoms with Gasteiger partial charge in [-0.3, -0.25) is 0 Å². The van der Waals surface area contributed by atoms with Gasteiger partial charge >= 0.3 is 229 Å². The Morgan fingerprint density at radius 3 is 2.42 bits per heavy atom. The van der Waals surface area contributed by atoms with E-state index < -0.39 is 56.2 Å². The van der Waals surface area contributed by atoms with Gasteiger partial charge in [0.05, 0.1) is 0 Å². The molecule has 0 saturated heterocycles. The summed E-state index contributed by atoms with van der Waals surface area (Å²) in [6, 6.07) is 11.6. The van der Waals surface area contributed by atoms with Gasteiger partial charge in [-0.05, 0) is 0 Å². The molecule has 2 unspecified atom stereocenters. The SMILES string of the molecule is COc1ccc(C(=O)Nc2ccccc2)c([Se]SCC(NC(=O)CCC(N)C(=O)O)C(=O)NCC(=O)O)c1. The number of hydrogen-bond acceptors (Lipinski definition) is 8. The molecule has 2 rings (SSSR count). The van der Waals surface area contributed by atoms with Crippen LogP contribution in [0.25, 0.3) is 0 Å². The first-order valence-corrected chi connectivity index (χ1v) is 15.1. The molecule has 0 aliphatic rings. The number of carboxylic acids is 2. The van der Waals surface area contributed by atoms with E-state index in [-0.39, 0.29) is 24.5 Å². The van der Waals surface area contributed by atoms with Crippen LogP contribution in [-0.4, -0.2) is 85.2 Å². The second kappa shape index (κ2) is 15.6. The number of hydrogen-bond donors (Lipinski definition) is 6. The Balaban J connectivity index is 2.10. The Bertz CT molecular complexity index is 1150. The van der Waals surface area contributed by atoms with Crippen molar-refractivity contribution in [1.29, 1.82) is 0 Å². The van der Waals surface area contributed by atoms with Crippen LogP contribution in [0.2, 0.25) is 0 Å². The molecule has 0 bridgehead atoms. The average Bonchev–Trinajstić information content (AvgIpc) is 2.89. The molecule has 204 valence electrons. The third kappa shape index (κ3) is 10.4. The molecule has 7 N–H and O–H groups in total. The molecule has 0 heterocycles. The van der Waals surface area contributed by atoms with E-state index in [0.717, 1.165) is 0 Å². The molecule has 0 aromatic heterocycles. The van der Waals surface area contributed by atoms with Crippen LogP contribution >= 0.6 is 10.2 Å². The van der Waals surface area contributed by atoms with Crippen molar-refractivity contribution in [1.82, 2.24) is 10.6 Å². The predicted molar refractivity (Wildman–Crippen MR) is 143 cm³/mol. The van der Waals surface area contributed by atoms with Gasteiger partial charge in [-0.15, -0.1) is 0 Å². The fourth-order valence-electron chi connectivity index (χ4n) is 2.92. The summed E-state index contributed by atoms with van der Waals surface area (Å²) in [4.78, 5) is 59.5. The minimum atomic E-state index is -1.25. The van der Waals surface area contributed by atoms with E-state index in [1.54, 1.807) is 42.5 Å². The number of aliphatic carboxylic acids is 2. The molecule has 14 heteroatoms. The summed E-state index contributed by atoms with van der Waals surface area (Å²) >= 11 is -0.417. The molecule has 2 aromatic carbocycles. The van der Waals surface area contributed by atoms with Gasteiger partial charge < -0.3 is 0 Å². The Kier molecular flexibility index (Phi) is 12.6. The van der Waals surface area contributed by atoms with Gasteiger partial charge in [0.1, 0.15) is 0 Å². The molecule has 12 nitrogen and oxygen atoms in total. The van der Waals surface area contributed by atoms with Crippen LogP contribution in [0.4, 0.5) is 5.69 Å². The summed E-state index contributed by atoms with van der Waals surface area (Å²) in [7, 11) is 2.79. The van der Waals surface area contributed by atoms with Crippen molar-refractivity contribution in [2.24, 2.45) is 5.73 Å². The number of nitrogens with one attached hydrogen (secondary N) is 3. The molecule has 0 saturated carbocycles.